The van der Waals surface area contributed by atoms with Crippen LogP contribution in [0.15, 0.2) is 28.7 Å². The molecular weight excluding hydrogens is 256 g/mol. The summed E-state index contributed by atoms with van der Waals surface area (Å²) in [6.07, 6.45) is 1.94. The van der Waals surface area contributed by atoms with E-state index in [0.29, 0.717) is 19.4 Å². The number of aryl methyl sites for hydroxylation is 1. The van der Waals surface area contributed by atoms with Gasteiger partial charge in [0.2, 0.25) is 0 Å². The smallest absolute Gasteiger partial charge is 0.135 e. The van der Waals surface area contributed by atoms with Crippen molar-refractivity contribution in [1.29, 1.82) is 0 Å². The minimum atomic E-state index is 0.264. The minimum absolute atomic E-state index is 0.264. The molecule has 0 amide bonds. The van der Waals surface area contributed by atoms with E-state index in [2.05, 4.69) is 15.9 Å². The maximum Gasteiger partial charge on any atom is 0.135 e. The fraction of sp³-hybridized carbons (Fsp3) is 0.417. The number of carbonyl (C=O) groups excluding carboxylic acids is 1. The molecule has 2 nitrogen and oxygen atoms in total. The molecular formula is C12H15BrO2. The van der Waals surface area contributed by atoms with Crippen molar-refractivity contribution in [1.82, 2.24) is 0 Å². The molecule has 0 atom stereocenters. The average molecular weight is 271 g/mol. The summed E-state index contributed by atoms with van der Waals surface area (Å²) in [7, 11) is 1.61. The fourth-order valence-electron chi connectivity index (χ4n) is 1.28. The highest BCUT2D eigenvalue weighted by Gasteiger charge is 2.02. The second-order valence-electron chi connectivity index (χ2n) is 3.41. The lowest BCUT2D eigenvalue weighted by Crippen LogP contribution is -2.03. The second-order valence-corrected chi connectivity index (χ2v) is 4.32. The highest BCUT2D eigenvalue weighted by Crippen LogP contribution is 2.12. The van der Waals surface area contributed by atoms with Crippen LogP contribution < -0.4 is 0 Å². The monoisotopic (exact) mass is 270 g/mol. The largest absolute Gasteiger partial charge is 0.384 e. The summed E-state index contributed by atoms with van der Waals surface area (Å²) in [6, 6.07) is 8.06. The molecule has 0 aliphatic heterocycles. The number of carbonyl (C=O) groups is 1. The molecule has 0 heterocycles. The number of hydrogen-bond acceptors (Lipinski definition) is 2. The van der Waals surface area contributed by atoms with E-state index in [1.807, 2.05) is 24.3 Å². The topological polar surface area (TPSA) is 26.3 Å². The first kappa shape index (κ1) is 12.4. The van der Waals surface area contributed by atoms with Gasteiger partial charge in [0.25, 0.3) is 0 Å². The van der Waals surface area contributed by atoms with Gasteiger partial charge in [-0.15, -0.1) is 0 Å². The molecule has 0 saturated heterocycles. The molecule has 1 aromatic carbocycles. The second kappa shape index (κ2) is 6.75. The number of rotatable bonds is 6. The molecule has 0 N–H and O–H groups in total. The Morgan fingerprint density at radius 1 is 1.27 bits per heavy atom. The average Bonchev–Trinajstić information content (AvgIpc) is 2.25. The van der Waals surface area contributed by atoms with Crippen molar-refractivity contribution in [2.75, 3.05) is 13.7 Å². The van der Waals surface area contributed by atoms with Gasteiger partial charge in [0.1, 0.15) is 5.78 Å². The van der Waals surface area contributed by atoms with Crippen molar-refractivity contribution in [3.05, 3.63) is 34.3 Å². The summed E-state index contributed by atoms with van der Waals surface area (Å²) in [5.41, 5.74) is 1.20. The van der Waals surface area contributed by atoms with Crippen molar-refractivity contribution in [3.8, 4) is 0 Å². The number of ketones is 1. The highest BCUT2D eigenvalue weighted by atomic mass is 79.9. The van der Waals surface area contributed by atoms with Gasteiger partial charge in [-0.1, -0.05) is 28.1 Å². The van der Waals surface area contributed by atoms with Crippen LogP contribution in [-0.2, 0) is 16.0 Å². The number of benzene rings is 1. The first-order valence-electron chi connectivity index (χ1n) is 4.97. The molecule has 0 aliphatic carbocycles. The Morgan fingerprint density at radius 2 is 1.93 bits per heavy atom. The zero-order valence-electron chi connectivity index (χ0n) is 8.83. The predicted molar refractivity (Wildman–Crippen MR) is 64.0 cm³/mol. The molecule has 82 valence electrons. The van der Waals surface area contributed by atoms with E-state index in [4.69, 9.17) is 4.74 Å². The maximum atomic E-state index is 11.4. The number of methoxy groups -OCH3 is 1. The third kappa shape index (κ3) is 5.09. The Morgan fingerprint density at radius 3 is 2.53 bits per heavy atom. The molecule has 3 heteroatoms. The molecule has 0 saturated carbocycles. The van der Waals surface area contributed by atoms with Gasteiger partial charge in [-0.25, -0.2) is 0 Å². The molecule has 0 spiro atoms. The fourth-order valence-corrected chi connectivity index (χ4v) is 1.54. The molecule has 15 heavy (non-hydrogen) atoms. The molecule has 0 radical (unpaired) electrons. The Balaban J connectivity index is 2.30. The van der Waals surface area contributed by atoms with Crippen LogP contribution >= 0.6 is 15.9 Å². The number of ether oxygens (including phenoxy) is 1. The molecule has 0 bridgehead atoms. The highest BCUT2D eigenvalue weighted by molar-refractivity contribution is 9.10. The molecule has 0 fully saturated rings. The SMILES string of the molecule is COCCC(=O)CCc1ccc(Br)cc1. The van der Waals surface area contributed by atoms with E-state index in [9.17, 15) is 4.79 Å². The van der Waals surface area contributed by atoms with E-state index in [1.54, 1.807) is 7.11 Å². The quantitative estimate of drug-likeness (QED) is 0.795. The number of halogens is 1. The van der Waals surface area contributed by atoms with Crippen molar-refractivity contribution < 1.29 is 9.53 Å². The summed E-state index contributed by atoms with van der Waals surface area (Å²) in [4.78, 5) is 11.4. The summed E-state index contributed by atoms with van der Waals surface area (Å²) in [5, 5.41) is 0. The first-order valence-corrected chi connectivity index (χ1v) is 5.77. The van der Waals surface area contributed by atoms with Gasteiger partial charge in [0, 0.05) is 24.4 Å². The number of hydrogen-bond donors (Lipinski definition) is 0. The van der Waals surface area contributed by atoms with E-state index in [1.165, 1.54) is 5.56 Å². The minimum Gasteiger partial charge on any atom is -0.384 e. The third-order valence-electron chi connectivity index (χ3n) is 2.19. The van der Waals surface area contributed by atoms with Crippen molar-refractivity contribution in [3.63, 3.8) is 0 Å². The van der Waals surface area contributed by atoms with E-state index >= 15 is 0 Å². The Hall–Kier alpha value is -0.670. The molecule has 1 rings (SSSR count). The third-order valence-corrected chi connectivity index (χ3v) is 2.72. The zero-order valence-corrected chi connectivity index (χ0v) is 10.4. The first-order chi connectivity index (χ1) is 7.22. The lowest BCUT2D eigenvalue weighted by molar-refractivity contribution is -0.119. The van der Waals surface area contributed by atoms with Gasteiger partial charge in [-0.05, 0) is 24.1 Å². The van der Waals surface area contributed by atoms with Crippen LogP contribution in [0.25, 0.3) is 0 Å². The van der Waals surface area contributed by atoms with E-state index < -0.39 is 0 Å². The maximum absolute atomic E-state index is 11.4. The van der Waals surface area contributed by atoms with Crippen LogP contribution in [0, 0.1) is 0 Å². The molecule has 0 aromatic heterocycles. The zero-order chi connectivity index (χ0) is 11.1. The lowest BCUT2D eigenvalue weighted by atomic mass is 10.1. The summed E-state index contributed by atoms with van der Waals surface area (Å²) >= 11 is 3.38. The predicted octanol–water partition coefficient (Wildman–Crippen LogP) is 2.99. The summed E-state index contributed by atoms with van der Waals surface area (Å²) < 4.78 is 5.92. The van der Waals surface area contributed by atoms with Crippen LogP contribution in [0.5, 0.6) is 0 Å². The van der Waals surface area contributed by atoms with Crippen LogP contribution in [0.4, 0.5) is 0 Å². The van der Waals surface area contributed by atoms with E-state index in [-0.39, 0.29) is 5.78 Å². The van der Waals surface area contributed by atoms with Crippen LogP contribution in [0.3, 0.4) is 0 Å². The van der Waals surface area contributed by atoms with Gasteiger partial charge in [0.15, 0.2) is 0 Å². The summed E-state index contributed by atoms with van der Waals surface area (Å²) in [5.74, 6) is 0.264. The Kier molecular flexibility index (Phi) is 5.58. The normalized spacial score (nSPS) is 10.3. The van der Waals surface area contributed by atoms with Crippen LogP contribution in [0.1, 0.15) is 18.4 Å². The van der Waals surface area contributed by atoms with Crippen molar-refractivity contribution in [2.45, 2.75) is 19.3 Å². The summed E-state index contributed by atoms with van der Waals surface area (Å²) in [6.45, 7) is 0.527. The lowest BCUT2D eigenvalue weighted by Gasteiger charge is -2.01. The van der Waals surface area contributed by atoms with Crippen molar-refractivity contribution in [2.24, 2.45) is 0 Å². The Labute approximate surface area is 98.8 Å². The van der Waals surface area contributed by atoms with Gasteiger partial charge < -0.3 is 4.74 Å². The number of Topliss-reactive ketones (excluding diaryl/α,β-unsaturated/α-hetero) is 1. The standard InChI is InChI=1S/C12H15BrO2/c1-15-9-8-12(14)7-4-10-2-5-11(13)6-3-10/h2-3,5-6H,4,7-9H2,1H3. The van der Waals surface area contributed by atoms with Crippen molar-refractivity contribution >= 4 is 21.7 Å². The van der Waals surface area contributed by atoms with Gasteiger partial charge in [-0.2, -0.15) is 0 Å². The van der Waals surface area contributed by atoms with Gasteiger partial charge in [0.05, 0.1) is 6.61 Å². The molecule has 0 aliphatic rings. The van der Waals surface area contributed by atoms with Gasteiger partial charge in [-0.3, -0.25) is 4.79 Å². The van der Waals surface area contributed by atoms with Crippen LogP contribution in [0.2, 0.25) is 0 Å². The van der Waals surface area contributed by atoms with Crippen LogP contribution in [-0.4, -0.2) is 19.5 Å². The van der Waals surface area contributed by atoms with Gasteiger partial charge >= 0.3 is 0 Å². The molecule has 0 unspecified atom stereocenters. The molecule has 1 aromatic rings. The Bertz CT molecular complexity index is 306. The van der Waals surface area contributed by atoms with E-state index in [0.717, 1.165) is 10.9 Å².